The van der Waals surface area contributed by atoms with Crippen molar-refractivity contribution in [3.63, 3.8) is 0 Å². The lowest BCUT2D eigenvalue weighted by molar-refractivity contribution is -0.131. The van der Waals surface area contributed by atoms with Gasteiger partial charge in [-0.25, -0.2) is 4.39 Å². The largest absolute Gasteiger partial charge is 0.361 e. The second-order valence-corrected chi connectivity index (χ2v) is 8.08. The Morgan fingerprint density at radius 2 is 1.96 bits per heavy atom. The second kappa shape index (κ2) is 8.86. The minimum atomic E-state index is -0.212. The van der Waals surface area contributed by atoms with Crippen molar-refractivity contribution in [1.29, 1.82) is 0 Å². The molecule has 1 aromatic carbocycles. The van der Waals surface area contributed by atoms with E-state index >= 15 is 0 Å². The number of nitrogens with zero attached hydrogens (tertiary/aromatic N) is 3. The van der Waals surface area contributed by atoms with Crippen molar-refractivity contribution in [3.05, 3.63) is 52.7 Å². The van der Waals surface area contributed by atoms with Crippen molar-refractivity contribution < 1.29 is 13.7 Å². The second-order valence-electron chi connectivity index (χ2n) is 8.08. The van der Waals surface area contributed by atoms with E-state index in [1.165, 1.54) is 12.1 Å². The number of hydrogen-bond acceptors (Lipinski definition) is 4. The van der Waals surface area contributed by atoms with Crippen LogP contribution in [-0.2, 0) is 17.8 Å². The SMILES string of the molecule is Cc1noc(C)c1CC(=O)N1CCCN(Cc2ccc(F)cc2)[C@@H](C(C)C)C1. The summed E-state index contributed by atoms with van der Waals surface area (Å²) in [7, 11) is 0. The molecule has 0 aliphatic carbocycles. The Kier molecular flexibility index (Phi) is 6.50. The first kappa shape index (κ1) is 20.5. The van der Waals surface area contributed by atoms with Gasteiger partial charge < -0.3 is 9.42 Å². The molecule has 2 heterocycles. The van der Waals surface area contributed by atoms with Crippen molar-refractivity contribution in [2.75, 3.05) is 19.6 Å². The van der Waals surface area contributed by atoms with Gasteiger partial charge in [-0.3, -0.25) is 9.69 Å². The van der Waals surface area contributed by atoms with Gasteiger partial charge in [0.25, 0.3) is 0 Å². The third-order valence-electron chi connectivity index (χ3n) is 5.68. The summed E-state index contributed by atoms with van der Waals surface area (Å²) in [5.41, 5.74) is 2.79. The van der Waals surface area contributed by atoms with Gasteiger partial charge in [0.15, 0.2) is 0 Å². The number of amides is 1. The van der Waals surface area contributed by atoms with Crippen LogP contribution in [0.4, 0.5) is 4.39 Å². The molecule has 152 valence electrons. The van der Waals surface area contributed by atoms with E-state index in [1.54, 1.807) is 0 Å². The first-order chi connectivity index (χ1) is 13.3. The molecule has 2 aromatic rings. The molecule has 0 N–H and O–H groups in total. The van der Waals surface area contributed by atoms with Crippen LogP contribution in [0.2, 0.25) is 0 Å². The van der Waals surface area contributed by atoms with Crippen LogP contribution in [0, 0.1) is 25.6 Å². The molecule has 28 heavy (non-hydrogen) atoms. The van der Waals surface area contributed by atoms with Gasteiger partial charge in [-0.15, -0.1) is 0 Å². The fourth-order valence-electron chi connectivity index (χ4n) is 3.96. The summed E-state index contributed by atoms with van der Waals surface area (Å²) >= 11 is 0. The first-order valence-electron chi connectivity index (χ1n) is 10.0. The Morgan fingerprint density at radius 3 is 2.57 bits per heavy atom. The molecule has 0 spiro atoms. The van der Waals surface area contributed by atoms with Gasteiger partial charge in [-0.1, -0.05) is 31.1 Å². The first-order valence-corrected chi connectivity index (χ1v) is 10.0. The Labute approximate surface area is 166 Å². The highest BCUT2D eigenvalue weighted by Gasteiger charge is 2.30. The summed E-state index contributed by atoms with van der Waals surface area (Å²) in [6.07, 6.45) is 1.27. The van der Waals surface area contributed by atoms with E-state index in [2.05, 4.69) is 23.9 Å². The van der Waals surface area contributed by atoms with E-state index in [1.807, 2.05) is 30.9 Å². The predicted octanol–water partition coefficient (Wildman–Crippen LogP) is 3.73. The van der Waals surface area contributed by atoms with E-state index in [-0.39, 0.29) is 17.8 Å². The average Bonchev–Trinajstić information content (AvgIpc) is 2.85. The number of aryl methyl sites for hydroxylation is 2. The molecule has 5 nitrogen and oxygen atoms in total. The smallest absolute Gasteiger partial charge is 0.227 e. The molecule has 1 aliphatic rings. The van der Waals surface area contributed by atoms with E-state index in [9.17, 15) is 9.18 Å². The molecule has 0 bridgehead atoms. The van der Waals surface area contributed by atoms with Crippen LogP contribution in [0.3, 0.4) is 0 Å². The summed E-state index contributed by atoms with van der Waals surface area (Å²) in [5, 5.41) is 3.96. The fraction of sp³-hybridized carbons (Fsp3) is 0.545. The third-order valence-corrected chi connectivity index (χ3v) is 5.68. The van der Waals surface area contributed by atoms with Crippen molar-refractivity contribution in [2.45, 2.75) is 53.1 Å². The van der Waals surface area contributed by atoms with E-state index in [0.717, 1.165) is 48.6 Å². The number of hydrogen-bond donors (Lipinski definition) is 0. The lowest BCUT2D eigenvalue weighted by Gasteiger charge is -2.34. The van der Waals surface area contributed by atoms with Gasteiger partial charge in [-0.05, 0) is 43.9 Å². The molecule has 3 rings (SSSR count). The number of halogens is 1. The van der Waals surface area contributed by atoms with E-state index < -0.39 is 0 Å². The quantitative estimate of drug-likeness (QED) is 0.784. The monoisotopic (exact) mass is 387 g/mol. The Balaban J connectivity index is 1.71. The highest BCUT2D eigenvalue weighted by atomic mass is 19.1. The molecule has 0 radical (unpaired) electrons. The molecular weight excluding hydrogens is 357 g/mol. The molecular formula is C22H30FN3O2. The predicted molar refractivity (Wildman–Crippen MR) is 106 cm³/mol. The maximum absolute atomic E-state index is 13.2. The molecule has 1 aromatic heterocycles. The number of carbonyl (C=O) groups excluding carboxylic acids is 1. The van der Waals surface area contributed by atoms with Crippen LogP contribution in [0.15, 0.2) is 28.8 Å². The van der Waals surface area contributed by atoms with Crippen molar-refractivity contribution in [2.24, 2.45) is 5.92 Å². The van der Waals surface area contributed by atoms with Crippen molar-refractivity contribution in [1.82, 2.24) is 15.0 Å². The van der Waals surface area contributed by atoms with Gasteiger partial charge in [0, 0.05) is 37.8 Å². The number of carbonyl (C=O) groups is 1. The number of rotatable bonds is 5. The van der Waals surface area contributed by atoms with Gasteiger partial charge >= 0.3 is 0 Å². The Hall–Kier alpha value is -2.21. The molecule has 1 fully saturated rings. The highest BCUT2D eigenvalue weighted by Crippen LogP contribution is 2.22. The summed E-state index contributed by atoms with van der Waals surface area (Å²) in [4.78, 5) is 17.4. The van der Waals surface area contributed by atoms with Gasteiger partial charge in [0.1, 0.15) is 11.6 Å². The minimum Gasteiger partial charge on any atom is -0.361 e. The van der Waals surface area contributed by atoms with Crippen molar-refractivity contribution in [3.8, 4) is 0 Å². The van der Waals surface area contributed by atoms with Crippen LogP contribution in [0.25, 0.3) is 0 Å². The summed E-state index contributed by atoms with van der Waals surface area (Å²) in [6, 6.07) is 6.98. The van der Waals surface area contributed by atoms with Crippen molar-refractivity contribution >= 4 is 5.91 Å². The lowest BCUT2D eigenvalue weighted by atomic mass is 10.0. The normalized spacial score (nSPS) is 18.5. The maximum Gasteiger partial charge on any atom is 0.227 e. The summed E-state index contributed by atoms with van der Waals surface area (Å²) < 4.78 is 18.4. The van der Waals surface area contributed by atoms with Crippen LogP contribution in [-0.4, -0.2) is 46.5 Å². The molecule has 0 saturated carbocycles. The Bertz CT molecular complexity index is 781. The zero-order valence-corrected chi connectivity index (χ0v) is 17.2. The zero-order valence-electron chi connectivity index (χ0n) is 17.2. The standard InChI is InChI=1S/C22H30FN3O2/c1-15(2)21-14-26(22(27)12-20-16(3)24-28-17(20)4)11-5-10-25(21)13-18-6-8-19(23)9-7-18/h6-9,15,21H,5,10-14H2,1-4H3/t21-/m1/s1. The molecule has 1 saturated heterocycles. The summed E-state index contributed by atoms with van der Waals surface area (Å²) in [5.74, 6) is 1.05. The van der Waals surface area contributed by atoms with Gasteiger partial charge in [0.05, 0.1) is 12.1 Å². The van der Waals surface area contributed by atoms with Crippen LogP contribution >= 0.6 is 0 Å². The van der Waals surface area contributed by atoms with Crippen LogP contribution in [0.5, 0.6) is 0 Å². The van der Waals surface area contributed by atoms with Gasteiger partial charge in [-0.2, -0.15) is 0 Å². The number of benzene rings is 1. The van der Waals surface area contributed by atoms with E-state index in [4.69, 9.17) is 4.52 Å². The van der Waals surface area contributed by atoms with Crippen LogP contribution < -0.4 is 0 Å². The Morgan fingerprint density at radius 1 is 1.25 bits per heavy atom. The van der Waals surface area contributed by atoms with Gasteiger partial charge in [0.2, 0.25) is 5.91 Å². The third kappa shape index (κ3) is 4.79. The number of aromatic nitrogens is 1. The highest BCUT2D eigenvalue weighted by molar-refractivity contribution is 5.79. The molecule has 1 aliphatic heterocycles. The summed E-state index contributed by atoms with van der Waals surface area (Å²) in [6.45, 7) is 11.3. The van der Waals surface area contributed by atoms with E-state index in [0.29, 0.717) is 18.9 Å². The lowest BCUT2D eigenvalue weighted by Crippen LogP contribution is -2.45. The zero-order chi connectivity index (χ0) is 20.3. The average molecular weight is 387 g/mol. The van der Waals surface area contributed by atoms with Crippen LogP contribution in [0.1, 0.15) is 42.8 Å². The molecule has 1 amide bonds. The topological polar surface area (TPSA) is 49.6 Å². The minimum absolute atomic E-state index is 0.128. The molecule has 6 heteroatoms. The fourth-order valence-corrected chi connectivity index (χ4v) is 3.96. The maximum atomic E-state index is 13.2. The molecule has 0 unspecified atom stereocenters. The molecule has 1 atom stereocenters.